The van der Waals surface area contributed by atoms with Gasteiger partial charge in [0.15, 0.2) is 0 Å². The molecular formula is C24H26N2. The van der Waals surface area contributed by atoms with Gasteiger partial charge in [0.1, 0.15) is 0 Å². The molecule has 4 rings (SSSR count). The maximum Gasteiger partial charge on any atom is 0.0701 e. The first-order chi connectivity index (χ1) is 12.8. The quantitative estimate of drug-likeness (QED) is 0.632. The van der Waals surface area contributed by atoms with E-state index in [0.717, 1.165) is 18.0 Å². The number of anilines is 1. The van der Waals surface area contributed by atoms with Gasteiger partial charge in [-0.25, -0.2) is 0 Å². The van der Waals surface area contributed by atoms with Crippen molar-refractivity contribution in [3.8, 4) is 11.3 Å². The first-order valence-corrected chi connectivity index (χ1v) is 9.60. The number of hydrogen-bond acceptors (Lipinski definition) is 2. The van der Waals surface area contributed by atoms with Crippen LogP contribution in [0, 0.1) is 11.8 Å². The number of nitrogens with one attached hydrogen (secondary N) is 1. The van der Waals surface area contributed by atoms with Gasteiger partial charge in [-0.2, -0.15) is 0 Å². The average Bonchev–Trinajstić information content (AvgIpc) is 3.02. The number of rotatable bonds is 5. The fraction of sp³-hybridized carbons (Fsp3) is 0.292. The van der Waals surface area contributed by atoms with Crippen LogP contribution in [0.3, 0.4) is 0 Å². The summed E-state index contributed by atoms with van der Waals surface area (Å²) in [6, 6.07) is 26.2. The molecule has 1 aliphatic rings. The van der Waals surface area contributed by atoms with Crippen molar-refractivity contribution < 1.29 is 0 Å². The van der Waals surface area contributed by atoms with Crippen LogP contribution in [-0.2, 0) is 6.42 Å². The van der Waals surface area contributed by atoms with Crippen LogP contribution in [0.2, 0.25) is 0 Å². The zero-order valence-electron chi connectivity index (χ0n) is 15.3. The summed E-state index contributed by atoms with van der Waals surface area (Å²) in [5, 5.41) is 3.77. The molecule has 0 bridgehead atoms. The molecule has 1 aliphatic carbocycles. The molecule has 2 nitrogen and oxygen atoms in total. The second-order valence-electron chi connectivity index (χ2n) is 7.57. The van der Waals surface area contributed by atoms with Crippen LogP contribution in [0.25, 0.3) is 11.3 Å². The first-order valence-electron chi connectivity index (χ1n) is 9.60. The van der Waals surface area contributed by atoms with Gasteiger partial charge in [0.2, 0.25) is 0 Å². The van der Waals surface area contributed by atoms with Gasteiger partial charge < -0.3 is 5.32 Å². The Labute approximate surface area is 156 Å². The van der Waals surface area contributed by atoms with Gasteiger partial charge in [0.05, 0.1) is 5.69 Å². The lowest BCUT2D eigenvalue weighted by Gasteiger charge is -2.22. The fourth-order valence-electron chi connectivity index (χ4n) is 4.20. The van der Waals surface area contributed by atoms with E-state index in [0.29, 0.717) is 12.0 Å². The number of para-hydroxylation sites is 1. The summed E-state index contributed by atoms with van der Waals surface area (Å²) in [5.74, 6) is 1.47. The Morgan fingerprint density at radius 2 is 1.65 bits per heavy atom. The van der Waals surface area contributed by atoms with Crippen LogP contribution in [-0.4, -0.2) is 11.0 Å². The smallest absolute Gasteiger partial charge is 0.0701 e. The Hall–Kier alpha value is -2.61. The highest BCUT2D eigenvalue weighted by atomic mass is 14.9. The number of nitrogens with zero attached hydrogens (tertiary/aromatic N) is 1. The Kier molecular flexibility index (Phi) is 5.01. The Morgan fingerprint density at radius 3 is 2.38 bits per heavy atom. The zero-order chi connectivity index (χ0) is 17.8. The largest absolute Gasteiger partial charge is 0.382 e. The molecule has 2 aromatic carbocycles. The number of pyridine rings is 1. The maximum absolute atomic E-state index is 4.44. The molecule has 0 amide bonds. The highest BCUT2D eigenvalue weighted by molar-refractivity contribution is 5.59. The summed E-state index contributed by atoms with van der Waals surface area (Å²) in [5.41, 5.74) is 4.89. The average molecular weight is 342 g/mol. The molecule has 3 unspecified atom stereocenters. The summed E-state index contributed by atoms with van der Waals surface area (Å²) < 4.78 is 0. The topological polar surface area (TPSA) is 24.9 Å². The van der Waals surface area contributed by atoms with Crippen LogP contribution in [0.5, 0.6) is 0 Å². The van der Waals surface area contributed by atoms with Gasteiger partial charge in [-0.1, -0.05) is 55.5 Å². The van der Waals surface area contributed by atoms with Gasteiger partial charge in [0.25, 0.3) is 0 Å². The van der Waals surface area contributed by atoms with Crippen molar-refractivity contribution in [1.29, 1.82) is 0 Å². The molecule has 0 radical (unpaired) electrons. The molecule has 1 aromatic heterocycles. The van der Waals surface area contributed by atoms with Crippen LogP contribution in [0.1, 0.15) is 25.3 Å². The van der Waals surface area contributed by atoms with Crippen molar-refractivity contribution in [2.75, 3.05) is 5.32 Å². The van der Waals surface area contributed by atoms with Crippen molar-refractivity contribution in [3.05, 3.63) is 84.6 Å². The highest BCUT2D eigenvalue weighted by Gasteiger charge is 2.31. The molecule has 1 N–H and O–H groups in total. The van der Waals surface area contributed by atoms with E-state index in [1.54, 1.807) is 0 Å². The van der Waals surface area contributed by atoms with Gasteiger partial charge in [-0.05, 0) is 60.9 Å². The summed E-state index contributed by atoms with van der Waals surface area (Å²) in [4.78, 5) is 4.44. The predicted molar refractivity (Wildman–Crippen MR) is 109 cm³/mol. The summed E-state index contributed by atoms with van der Waals surface area (Å²) in [6.45, 7) is 2.38. The van der Waals surface area contributed by atoms with Crippen LogP contribution >= 0.6 is 0 Å². The molecular weight excluding hydrogens is 316 g/mol. The van der Waals surface area contributed by atoms with Crippen molar-refractivity contribution in [2.24, 2.45) is 11.8 Å². The molecule has 3 aromatic rings. The number of benzene rings is 2. The van der Waals surface area contributed by atoms with Crippen molar-refractivity contribution in [2.45, 2.75) is 32.2 Å². The van der Waals surface area contributed by atoms with Crippen LogP contribution in [0.4, 0.5) is 5.69 Å². The van der Waals surface area contributed by atoms with E-state index in [2.05, 4.69) is 77.9 Å². The number of aromatic nitrogens is 1. The normalized spacial score (nSPS) is 22.3. The lowest BCUT2D eigenvalue weighted by atomic mass is 9.93. The summed E-state index contributed by atoms with van der Waals surface area (Å²) in [6.07, 6.45) is 5.54. The van der Waals surface area contributed by atoms with Crippen LogP contribution in [0.15, 0.2) is 79.0 Å². The Balaban J connectivity index is 1.45. The third kappa shape index (κ3) is 3.96. The predicted octanol–water partition coefficient (Wildman–Crippen LogP) is 5.82. The number of hydrogen-bond donors (Lipinski definition) is 1. The molecule has 3 atom stereocenters. The molecule has 132 valence electrons. The third-order valence-electron chi connectivity index (χ3n) is 5.47. The van der Waals surface area contributed by atoms with E-state index in [4.69, 9.17) is 0 Å². The molecule has 26 heavy (non-hydrogen) atoms. The fourth-order valence-corrected chi connectivity index (χ4v) is 4.20. The van der Waals surface area contributed by atoms with E-state index in [9.17, 15) is 0 Å². The highest BCUT2D eigenvalue weighted by Crippen LogP contribution is 2.35. The van der Waals surface area contributed by atoms with Crippen molar-refractivity contribution >= 4 is 5.69 Å². The molecule has 0 saturated heterocycles. The van der Waals surface area contributed by atoms with E-state index >= 15 is 0 Å². The minimum absolute atomic E-state index is 0.558. The van der Waals surface area contributed by atoms with Gasteiger partial charge in [0, 0.05) is 23.5 Å². The lowest BCUT2D eigenvalue weighted by molar-refractivity contribution is 0.490. The van der Waals surface area contributed by atoms with E-state index in [1.807, 2.05) is 18.3 Å². The standard InChI is InChI=1S/C24H26N2/c1-18-15-21(24(16-18)26-22-7-3-2-4-8-22)17-19-10-12-20(13-11-19)23-9-5-6-14-25-23/h2-14,18,21,24,26H,15-17H2,1H3. The van der Waals surface area contributed by atoms with E-state index < -0.39 is 0 Å². The first kappa shape index (κ1) is 16.8. The van der Waals surface area contributed by atoms with Crippen LogP contribution < -0.4 is 5.32 Å². The van der Waals surface area contributed by atoms with E-state index in [-0.39, 0.29) is 0 Å². The second-order valence-corrected chi connectivity index (χ2v) is 7.57. The minimum atomic E-state index is 0.558. The van der Waals surface area contributed by atoms with Gasteiger partial charge >= 0.3 is 0 Å². The van der Waals surface area contributed by atoms with Gasteiger partial charge in [-0.15, -0.1) is 0 Å². The van der Waals surface area contributed by atoms with E-state index in [1.165, 1.54) is 29.7 Å². The SMILES string of the molecule is CC1CC(Cc2ccc(-c3ccccn3)cc2)C(Nc2ccccc2)C1. The monoisotopic (exact) mass is 342 g/mol. The minimum Gasteiger partial charge on any atom is -0.382 e. The Bertz CT molecular complexity index is 812. The molecule has 1 fully saturated rings. The summed E-state index contributed by atoms with van der Waals surface area (Å²) in [7, 11) is 0. The molecule has 2 heteroatoms. The van der Waals surface area contributed by atoms with Crippen molar-refractivity contribution in [1.82, 2.24) is 4.98 Å². The van der Waals surface area contributed by atoms with Gasteiger partial charge in [-0.3, -0.25) is 4.98 Å². The molecule has 0 spiro atoms. The molecule has 0 aliphatic heterocycles. The maximum atomic E-state index is 4.44. The molecule has 1 saturated carbocycles. The summed E-state index contributed by atoms with van der Waals surface area (Å²) >= 11 is 0. The second kappa shape index (κ2) is 7.74. The zero-order valence-corrected chi connectivity index (χ0v) is 15.3. The third-order valence-corrected chi connectivity index (χ3v) is 5.47. The lowest BCUT2D eigenvalue weighted by Crippen LogP contribution is -2.25. The Morgan fingerprint density at radius 1 is 0.885 bits per heavy atom. The molecule has 1 heterocycles. The van der Waals surface area contributed by atoms with Crippen molar-refractivity contribution in [3.63, 3.8) is 0 Å².